The Morgan fingerprint density at radius 1 is 1.02 bits per heavy atom. The molecule has 0 bridgehead atoms. The van der Waals surface area contributed by atoms with Crippen molar-refractivity contribution in [3.8, 4) is 11.1 Å². The summed E-state index contributed by atoms with van der Waals surface area (Å²) in [6.45, 7) is 15.5. The lowest BCUT2D eigenvalue weighted by Crippen LogP contribution is -2.45. The van der Waals surface area contributed by atoms with Crippen molar-refractivity contribution in [3.63, 3.8) is 0 Å². The molecule has 1 N–H and O–H groups in total. The van der Waals surface area contributed by atoms with Crippen LogP contribution in [-0.4, -0.2) is 55.4 Å². The summed E-state index contributed by atoms with van der Waals surface area (Å²) in [4.78, 5) is 14.0. The van der Waals surface area contributed by atoms with Gasteiger partial charge in [0.2, 0.25) is 0 Å². The molecule has 2 aliphatic rings. The van der Waals surface area contributed by atoms with Crippen molar-refractivity contribution in [2.45, 2.75) is 32.4 Å². The summed E-state index contributed by atoms with van der Waals surface area (Å²) in [6, 6.07) is 12.6. The van der Waals surface area contributed by atoms with Crippen molar-refractivity contribution < 1.29 is 0 Å². The van der Waals surface area contributed by atoms with Crippen molar-refractivity contribution >= 4 is 44.7 Å². The fraction of sp³-hybridized carbons (Fsp3) is 0.281. The van der Waals surface area contributed by atoms with Gasteiger partial charge < -0.3 is 19.7 Å². The van der Waals surface area contributed by atoms with Gasteiger partial charge >= 0.3 is 0 Å². The number of benzene rings is 2. The summed E-state index contributed by atoms with van der Waals surface area (Å²) in [7, 11) is 0. The number of nitrogens with zero attached hydrogens (tertiary/aromatic N) is 7. The molecule has 2 aromatic carbocycles. The van der Waals surface area contributed by atoms with Crippen molar-refractivity contribution in [1.29, 1.82) is 0 Å². The number of aryl methyl sites for hydroxylation is 1. The maximum absolute atomic E-state index is 6.90. The van der Waals surface area contributed by atoms with Crippen molar-refractivity contribution in [2.75, 3.05) is 36.4 Å². The Labute approximate surface area is 254 Å². The molecule has 7 rings (SSSR count). The second-order valence-electron chi connectivity index (χ2n) is 11.0. The maximum atomic E-state index is 6.90. The smallest absolute Gasteiger partial charge is 0.186 e. The van der Waals surface area contributed by atoms with Gasteiger partial charge in [-0.1, -0.05) is 36.9 Å². The number of nitrogens with one attached hydrogen (secondary N) is 1. The Morgan fingerprint density at radius 2 is 1.83 bits per heavy atom. The van der Waals surface area contributed by atoms with Crippen LogP contribution >= 0.6 is 22.9 Å². The molecule has 3 aromatic heterocycles. The normalized spacial score (nSPS) is 15.7. The van der Waals surface area contributed by atoms with E-state index >= 15 is 0 Å². The minimum atomic E-state index is -0.306. The summed E-state index contributed by atoms with van der Waals surface area (Å²) in [5.41, 5.74) is 8.31. The lowest BCUT2D eigenvalue weighted by molar-refractivity contribution is 0.323. The number of thiazole rings is 1. The summed E-state index contributed by atoms with van der Waals surface area (Å²) in [6.07, 6.45) is 7.82. The summed E-state index contributed by atoms with van der Waals surface area (Å²) >= 11 is 8.43. The van der Waals surface area contributed by atoms with Crippen LogP contribution in [0.15, 0.2) is 85.1 Å². The first kappa shape index (κ1) is 26.8. The van der Waals surface area contributed by atoms with Gasteiger partial charge in [-0.2, -0.15) is 5.10 Å². The van der Waals surface area contributed by atoms with Gasteiger partial charge in [0.05, 0.1) is 22.6 Å². The zero-order chi connectivity index (χ0) is 28.8. The first-order valence-electron chi connectivity index (χ1n) is 14.3. The molecule has 0 spiro atoms. The molecule has 2 aliphatic heterocycles. The van der Waals surface area contributed by atoms with Crippen LogP contribution in [-0.2, 0) is 13.0 Å². The third-order valence-corrected chi connectivity index (χ3v) is 9.32. The number of hydrogen-bond donors (Lipinski definition) is 1. The Morgan fingerprint density at radius 3 is 2.57 bits per heavy atom. The van der Waals surface area contributed by atoms with E-state index in [0.29, 0.717) is 5.02 Å². The van der Waals surface area contributed by atoms with Crippen molar-refractivity contribution in [1.82, 2.24) is 29.2 Å². The first-order valence-corrected chi connectivity index (χ1v) is 15.5. The number of aromatic nitrogens is 5. The molecule has 5 aromatic rings. The molecule has 214 valence electrons. The highest BCUT2D eigenvalue weighted by molar-refractivity contribution is 7.13. The van der Waals surface area contributed by atoms with Crippen molar-refractivity contribution in [2.24, 2.45) is 0 Å². The third-order valence-electron chi connectivity index (χ3n) is 8.32. The number of imidazole rings is 1. The molecule has 1 saturated heterocycles. The van der Waals surface area contributed by atoms with Crippen molar-refractivity contribution in [3.05, 3.63) is 101 Å². The maximum Gasteiger partial charge on any atom is 0.186 e. The number of allylic oxidation sites excluding steroid dienone is 2. The summed E-state index contributed by atoms with van der Waals surface area (Å²) < 4.78 is 4.18. The van der Waals surface area contributed by atoms with Crippen LogP contribution in [0, 0.1) is 0 Å². The molecule has 5 heterocycles. The Hall–Kier alpha value is -4.08. The van der Waals surface area contributed by atoms with E-state index in [2.05, 4.69) is 75.1 Å². The van der Waals surface area contributed by atoms with Gasteiger partial charge in [0.1, 0.15) is 6.04 Å². The van der Waals surface area contributed by atoms with E-state index in [1.165, 1.54) is 22.7 Å². The van der Waals surface area contributed by atoms with Gasteiger partial charge in [-0.3, -0.25) is 4.68 Å². The van der Waals surface area contributed by atoms with E-state index in [1.54, 1.807) is 6.20 Å². The number of hydrogen-bond acceptors (Lipinski definition) is 7. The monoisotopic (exact) mass is 596 g/mol. The average Bonchev–Trinajstić information content (AvgIpc) is 3.80. The Balaban J connectivity index is 1.19. The lowest BCUT2D eigenvalue weighted by Gasteiger charge is -2.37. The van der Waals surface area contributed by atoms with E-state index in [0.717, 1.165) is 89.8 Å². The molecule has 0 radical (unpaired) electrons. The molecule has 42 heavy (non-hydrogen) atoms. The predicted molar refractivity (Wildman–Crippen MR) is 172 cm³/mol. The van der Waals surface area contributed by atoms with Gasteiger partial charge in [0, 0.05) is 78.7 Å². The highest BCUT2D eigenvalue weighted by Gasteiger charge is 2.28. The molecule has 10 heteroatoms. The number of fused-ring (bicyclic) bond motifs is 2. The van der Waals surface area contributed by atoms with Crippen LogP contribution in [0.25, 0.3) is 22.0 Å². The van der Waals surface area contributed by atoms with Gasteiger partial charge in [0.25, 0.3) is 0 Å². The van der Waals surface area contributed by atoms with E-state index < -0.39 is 0 Å². The van der Waals surface area contributed by atoms with Crippen LogP contribution in [0.5, 0.6) is 0 Å². The number of piperazine rings is 1. The van der Waals surface area contributed by atoms with E-state index in [9.17, 15) is 0 Å². The molecular formula is C32H33ClN8S. The largest absolute Gasteiger partial charge is 0.372 e. The summed E-state index contributed by atoms with van der Waals surface area (Å²) in [5, 5.41) is 12.7. The summed E-state index contributed by atoms with van der Waals surface area (Å²) in [5.74, 6) is 0. The topological polar surface area (TPSA) is 67.0 Å². The van der Waals surface area contributed by atoms with Gasteiger partial charge in [-0.15, -0.1) is 11.3 Å². The lowest BCUT2D eigenvalue weighted by atomic mass is 10.0. The fourth-order valence-electron chi connectivity index (χ4n) is 6.08. The fourth-order valence-corrected chi connectivity index (χ4v) is 6.91. The van der Waals surface area contributed by atoms with Gasteiger partial charge in [-0.05, 0) is 55.2 Å². The predicted octanol–water partition coefficient (Wildman–Crippen LogP) is 6.83. The van der Waals surface area contributed by atoms with Crippen LogP contribution in [0.2, 0.25) is 5.02 Å². The Bertz CT molecular complexity index is 1760. The second kappa shape index (κ2) is 11.0. The quantitative estimate of drug-likeness (QED) is 0.212. The number of rotatable bonds is 8. The highest BCUT2D eigenvalue weighted by atomic mass is 35.5. The van der Waals surface area contributed by atoms with Gasteiger partial charge in [0.15, 0.2) is 5.13 Å². The van der Waals surface area contributed by atoms with Gasteiger partial charge in [-0.25, -0.2) is 9.97 Å². The molecular weight excluding hydrogens is 564 g/mol. The molecule has 1 fully saturated rings. The number of anilines is 2. The SMILES string of the molecule is C=C(Nc1nccs1)C(c1ncn2c1CCC2)n1cc2c(Cl)cc(-c3ccc(N4CCN(C(=C)C)CC4)cc3)cc2n1. The standard InChI is InChI=1S/C32H33ClN8S/c1-21(2)38-12-14-39(15-13-38)25-8-6-23(7-9-25)24-17-27(33)26-19-41(37-28(26)18-24)31(22(3)36-32-34-10-16-42-32)30-29-5-4-11-40(29)20-35-30/h6-10,16-20,31H,1,3-5,11-15H2,2H3,(H,34,36). The van der Waals surface area contributed by atoms with E-state index in [4.69, 9.17) is 21.7 Å². The number of halogens is 1. The van der Waals surface area contributed by atoms with Crippen LogP contribution in [0.3, 0.4) is 0 Å². The van der Waals surface area contributed by atoms with Crippen LogP contribution in [0.4, 0.5) is 10.8 Å². The molecule has 8 nitrogen and oxygen atoms in total. The second-order valence-corrected chi connectivity index (χ2v) is 12.3. The Kier molecular flexibility index (Phi) is 6.99. The third kappa shape index (κ3) is 4.97. The van der Waals surface area contributed by atoms with E-state index in [1.807, 2.05) is 28.7 Å². The minimum absolute atomic E-state index is 0.306. The molecule has 0 saturated carbocycles. The first-order chi connectivity index (χ1) is 20.4. The average molecular weight is 597 g/mol. The zero-order valence-corrected chi connectivity index (χ0v) is 25.2. The molecule has 1 unspecified atom stereocenters. The highest BCUT2D eigenvalue weighted by Crippen LogP contribution is 2.36. The minimum Gasteiger partial charge on any atom is -0.372 e. The van der Waals surface area contributed by atoms with Crippen LogP contribution in [0.1, 0.15) is 30.8 Å². The molecule has 0 aliphatic carbocycles. The van der Waals surface area contributed by atoms with Crippen LogP contribution < -0.4 is 10.2 Å². The molecule has 0 amide bonds. The van der Waals surface area contributed by atoms with E-state index in [-0.39, 0.29) is 6.04 Å². The molecule has 1 atom stereocenters. The zero-order valence-electron chi connectivity index (χ0n) is 23.6.